The van der Waals surface area contributed by atoms with Gasteiger partial charge < -0.3 is 15.8 Å². The second kappa shape index (κ2) is 5.02. The van der Waals surface area contributed by atoms with Crippen LogP contribution in [0.15, 0.2) is 4.90 Å². The molecule has 1 saturated carbocycles. The minimum Gasteiger partial charge on any atom is -0.383 e. The minimum absolute atomic E-state index is 0.00278. The lowest BCUT2D eigenvalue weighted by Crippen LogP contribution is -2.22. The Morgan fingerprint density at radius 2 is 2.28 bits per heavy atom. The lowest BCUT2D eigenvalue weighted by atomic mass is 10.4. The summed E-state index contributed by atoms with van der Waals surface area (Å²) in [6.45, 7) is 2.40. The van der Waals surface area contributed by atoms with Gasteiger partial charge in [0.25, 0.3) is 0 Å². The van der Waals surface area contributed by atoms with Crippen molar-refractivity contribution in [2.45, 2.75) is 36.0 Å². The van der Waals surface area contributed by atoms with Crippen LogP contribution < -0.4 is 11.1 Å². The first-order valence-electron chi connectivity index (χ1n) is 5.71. The fourth-order valence-corrected chi connectivity index (χ4v) is 4.71. The van der Waals surface area contributed by atoms with E-state index in [0.29, 0.717) is 24.4 Å². The Hall–Kier alpha value is -0.860. The van der Waals surface area contributed by atoms with Crippen molar-refractivity contribution >= 4 is 32.2 Å². The van der Waals surface area contributed by atoms with Crippen LogP contribution in [-0.2, 0) is 14.6 Å². The number of nitrogens with two attached hydrogens (primary N) is 1. The van der Waals surface area contributed by atoms with Crippen LogP contribution in [0.2, 0.25) is 0 Å². The van der Waals surface area contributed by atoms with Gasteiger partial charge in [-0.25, -0.2) is 8.42 Å². The van der Waals surface area contributed by atoms with E-state index in [1.807, 2.05) is 6.92 Å². The molecule has 102 valence electrons. The highest BCUT2D eigenvalue weighted by Gasteiger charge is 2.40. The molecule has 1 atom stereocenters. The smallest absolute Gasteiger partial charge is 0.187 e. The highest BCUT2D eigenvalue weighted by atomic mass is 32.2. The maximum absolute atomic E-state index is 12.3. The number of nitrogens with one attached hydrogen (secondary N) is 1. The van der Waals surface area contributed by atoms with Crippen LogP contribution in [0.5, 0.6) is 0 Å². The van der Waals surface area contributed by atoms with Crippen LogP contribution in [-0.4, -0.2) is 37.8 Å². The normalized spacial score (nSPS) is 17.7. The van der Waals surface area contributed by atoms with Crippen LogP contribution >= 0.6 is 11.5 Å². The van der Waals surface area contributed by atoms with E-state index in [0.717, 1.165) is 11.5 Å². The summed E-state index contributed by atoms with van der Waals surface area (Å²) in [6.07, 6.45) is 1.43. The monoisotopic (exact) mass is 291 g/mol. The number of nitrogens with zero attached hydrogens (tertiary/aromatic N) is 1. The third-order valence-corrected chi connectivity index (χ3v) is 5.97. The Bertz CT molecular complexity index is 522. The van der Waals surface area contributed by atoms with E-state index in [9.17, 15) is 8.42 Å². The van der Waals surface area contributed by atoms with E-state index in [1.165, 1.54) is 0 Å². The van der Waals surface area contributed by atoms with Crippen molar-refractivity contribution in [1.29, 1.82) is 0 Å². The maximum Gasteiger partial charge on any atom is 0.187 e. The quantitative estimate of drug-likeness (QED) is 0.815. The lowest BCUT2D eigenvalue weighted by molar-refractivity contribution is 0.190. The first kappa shape index (κ1) is 13.6. The molecule has 0 saturated heterocycles. The Labute approximate surface area is 111 Å². The molecule has 0 amide bonds. The van der Waals surface area contributed by atoms with Crippen molar-refractivity contribution in [3.63, 3.8) is 0 Å². The molecule has 0 spiro atoms. The summed E-state index contributed by atoms with van der Waals surface area (Å²) < 4.78 is 33.5. The van der Waals surface area contributed by atoms with Gasteiger partial charge >= 0.3 is 0 Å². The molecule has 0 radical (unpaired) electrons. The molecular weight excluding hydrogens is 274 g/mol. The molecule has 1 aliphatic carbocycles. The molecule has 1 fully saturated rings. The van der Waals surface area contributed by atoms with Gasteiger partial charge in [0.2, 0.25) is 0 Å². The average molecular weight is 291 g/mol. The topological polar surface area (TPSA) is 94.3 Å². The first-order valence-corrected chi connectivity index (χ1v) is 8.03. The minimum atomic E-state index is -3.32. The maximum atomic E-state index is 12.3. The van der Waals surface area contributed by atoms with Crippen molar-refractivity contribution < 1.29 is 13.2 Å². The largest absolute Gasteiger partial charge is 0.383 e. The lowest BCUT2D eigenvalue weighted by Gasteiger charge is -2.13. The third-order valence-electron chi connectivity index (χ3n) is 2.72. The summed E-state index contributed by atoms with van der Waals surface area (Å²) in [5.74, 6) is 0.0963. The van der Waals surface area contributed by atoms with Gasteiger partial charge in [-0.3, -0.25) is 0 Å². The molecular formula is C10H17N3O3S2. The molecule has 1 heterocycles. The zero-order valence-corrected chi connectivity index (χ0v) is 12.0. The van der Waals surface area contributed by atoms with Crippen molar-refractivity contribution in [3.8, 4) is 0 Å². The molecule has 1 unspecified atom stereocenters. The first-order chi connectivity index (χ1) is 8.46. The van der Waals surface area contributed by atoms with Crippen LogP contribution in [0.3, 0.4) is 0 Å². The number of ether oxygens (including phenoxy) is 1. The molecule has 1 aliphatic rings. The second-order valence-corrected chi connectivity index (χ2v) is 7.41. The molecule has 0 aromatic carbocycles. The molecule has 2 rings (SSSR count). The Morgan fingerprint density at radius 3 is 2.83 bits per heavy atom. The van der Waals surface area contributed by atoms with Crippen molar-refractivity contribution in [2.75, 3.05) is 24.8 Å². The zero-order valence-electron chi connectivity index (χ0n) is 10.3. The molecule has 1 aromatic rings. The van der Waals surface area contributed by atoms with Gasteiger partial charge in [-0.15, -0.1) is 0 Å². The number of hydrogen-bond donors (Lipinski definition) is 2. The Morgan fingerprint density at radius 1 is 1.61 bits per heavy atom. The molecule has 8 heteroatoms. The summed E-state index contributed by atoms with van der Waals surface area (Å²) in [5, 5.41) is 3.33. The number of methoxy groups -OCH3 is 1. The molecule has 18 heavy (non-hydrogen) atoms. The standard InChI is InChI=1S/C10H17N3O3S2/c1-6(5-16-2)12-10-8(9(11)13-17-10)18(14,15)7-3-4-7/h6-7,12H,3-5H2,1-2H3,(H2,11,13). The molecule has 0 bridgehead atoms. The molecule has 3 N–H and O–H groups in total. The summed E-state index contributed by atoms with van der Waals surface area (Å²) in [6, 6.07) is 0.00278. The highest BCUT2D eigenvalue weighted by molar-refractivity contribution is 7.92. The van der Waals surface area contributed by atoms with Crippen LogP contribution in [0.4, 0.5) is 10.8 Å². The van der Waals surface area contributed by atoms with E-state index in [4.69, 9.17) is 10.5 Å². The summed E-state index contributed by atoms with van der Waals surface area (Å²) >= 11 is 1.08. The fourth-order valence-electron chi connectivity index (χ4n) is 1.72. The number of anilines is 2. The van der Waals surface area contributed by atoms with Gasteiger partial charge in [0.05, 0.1) is 11.9 Å². The number of hydrogen-bond acceptors (Lipinski definition) is 7. The van der Waals surface area contributed by atoms with E-state index >= 15 is 0 Å². The predicted octanol–water partition coefficient (Wildman–Crippen LogP) is 1.11. The summed E-state index contributed by atoms with van der Waals surface area (Å²) in [4.78, 5) is 0.165. The van der Waals surface area contributed by atoms with Gasteiger partial charge in [0, 0.05) is 13.2 Å². The Kier molecular flexibility index (Phi) is 3.79. The van der Waals surface area contributed by atoms with Gasteiger partial charge in [-0.1, -0.05) is 0 Å². The fraction of sp³-hybridized carbons (Fsp3) is 0.700. The average Bonchev–Trinajstić information content (AvgIpc) is 3.05. The van der Waals surface area contributed by atoms with E-state index in [1.54, 1.807) is 7.11 Å². The van der Waals surface area contributed by atoms with Crippen molar-refractivity contribution in [3.05, 3.63) is 0 Å². The number of aromatic nitrogens is 1. The molecule has 0 aliphatic heterocycles. The van der Waals surface area contributed by atoms with Crippen LogP contribution in [0, 0.1) is 0 Å². The van der Waals surface area contributed by atoms with Crippen LogP contribution in [0.1, 0.15) is 19.8 Å². The summed E-state index contributed by atoms with van der Waals surface area (Å²) in [5.41, 5.74) is 5.69. The van der Waals surface area contributed by atoms with Crippen LogP contribution in [0.25, 0.3) is 0 Å². The predicted molar refractivity (Wildman–Crippen MR) is 71.7 cm³/mol. The number of sulfone groups is 1. The third kappa shape index (κ3) is 2.60. The van der Waals surface area contributed by atoms with Gasteiger partial charge in [-0.2, -0.15) is 4.37 Å². The molecule has 6 nitrogen and oxygen atoms in total. The summed E-state index contributed by atoms with van der Waals surface area (Å²) in [7, 11) is -1.73. The SMILES string of the molecule is COCC(C)Nc1snc(N)c1S(=O)(=O)C1CC1. The van der Waals surface area contributed by atoms with E-state index in [-0.39, 0.29) is 22.0 Å². The van der Waals surface area contributed by atoms with Gasteiger partial charge in [0.15, 0.2) is 15.7 Å². The van der Waals surface area contributed by atoms with E-state index in [2.05, 4.69) is 9.69 Å². The number of nitrogen functional groups attached to an aromatic ring is 1. The zero-order chi connectivity index (χ0) is 13.3. The van der Waals surface area contributed by atoms with Crippen molar-refractivity contribution in [1.82, 2.24) is 4.37 Å². The second-order valence-electron chi connectivity index (χ2n) is 4.47. The van der Waals surface area contributed by atoms with Gasteiger partial charge in [0.1, 0.15) is 9.90 Å². The molecule has 1 aromatic heterocycles. The van der Waals surface area contributed by atoms with Gasteiger partial charge in [-0.05, 0) is 31.3 Å². The Balaban J connectivity index is 2.27. The van der Waals surface area contributed by atoms with E-state index < -0.39 is 9.84 Å². The number of rotatable bonds is 6. The van der Waals surface area contributed by atoms with Crippen molar-refractivity contribution in [2.24, 2.45) is 0 Å². The highest BCUT2D eigenvalue weighted by Crippen LogP contribution is 2.41.